The highest BCUT2D eigenvalue weighted by atomic mass is 32.1. The van der Waals surface area contributed by atoms with Crippen LogP contribution in [0.3, 0.4) is 0 Å². The molecule has 0 saturated heterocycles. The molecule has 0 fully saturated rings. The average molecular weight is 223 g/mol. The quantitative estimate of drug-likeness (QED) is 0.829. The number of aromatic amines is 1. The van der Waals surface area contributed by atoms with Crippen LogP contribution < -0.4 is 0 Å². The Balaban J connectivity index is 2.02. The molecular weight excluding hydrogens is 210 g/mol. The molecule has 1 atom stereocenters. The van der Waals surface area contributed by atoms with Crippen LogP contribution in [0.25, 0.3) is 0 Å². The lowest BCUT2D eigenvalue weighted by molar-refractivity contribution is 0.169. The topological polar surface area (TPSA) is 61.8 Å². The molecule has 0 radical (unpaired) electrons. The van der Waals surface area contributed by atoms with Gasteiger partial charge in [-0.05, 0) is 18.6 Å². The molecule has 2 aromatic rings. The number of rotatable bonds is 4. The van der Waals surface area contributed by atoms with Gasteiger partial charge in [0.1, 0.15) is 12.4 Å². The van der Waals surface area contributed by atoms with Gasteiger partial charge in [-0.3, -0.25) is 5.10 Å². The smallest absolute Gasteiger partial charge is 0.153 e. The van der Waals surface area contributed by atoms with Crippen LogP contribution in [-0.4, -0.2) is 20.3 Å². The number of nitrogens with one attached hydrogen (secondary N) is 1. The number of H-pyrrole nitrogens is 1. The van der Waals surface area contributed by atoms with E-state index in [1.54, 1.807) is 11.3 Å². The molecule has 0 aliphatic heterocycles. The van der Waals surface area contributed by atoms with Crippen LogP contribution in [0.1, 0.15) is 28.6 Å². The first-order chi connectivity index (χ1) is 7.29. The fraction of sp³-hybridized carbons (Fsp3) is 0.400. The standard InChI is InChI=1S/C10H13N3OS/c1-2-7-3-4-8(15-7)5-9(14)10-11-6-12-13-10/h3-4,6,9,14H,2,5H2,1H3,(H,11,12,13). The second-order valence-corrected chi connectivity index (χ2v) is 4.57. The zero-order chi connectivity index (χ0) is 10.7. The minimum atomic E-state index is -0.587. The van der Waals surface area contributed by atoms with Crippen molar-refractivity contribution in [2.45, 2.75) is 25.9 Å². The van der Waals surface area contributed by atoms with Gasteiger partial charge in [0.15, 0.2) is 5.82 Å². The summed E-state index contributed by atoms with van der Waals surface area (Å²) < 4.78 is 0. The molecule has 4 nitrogen and oxygen atoms in total. The van der Waals surface area contributed by atoms with E-state index in [1.165, 1.54) is 16.1 Å². The van der Waals surface area contributed by atoms with Gasteiger partial charge < -0.3 is 5.11 Å². The van der Waals surface area contributed by atoms with E-state index in [4.69, 9.17) is 0 Å². The van der Waals surface area contributed by atoms with E-state index in [9.17, 15) is 5.11 Å². The van der Waals surface area contributed by atoms with Crippen molar-refractivity contribution >= 4 is 11.3 Å². The van der Waals surface area contributed by atoms with Crippen LogP contribution in [0, 0.1) is 0 Å². The zero-order valence-electron chi connectivity index (χ0n) is 8.47. The molecule has 2 rings (SSSR count). The Morgan fingerprint density at radius 2 is 2.27 bits per heavy atom. The Labute approximate surface area is 92.0 Å². The lowest BCUT2D eigenvalue weighted by Crippen LogP contribution is -2.02. The molecule has 2 heterocycles. The molecule has 0 bridgehead atoms. The number of hydrogen-bond acceptors (Lipinski definition) is 4. The number of hydrogen-bond donors (Lipinski definition) is 2. The third-order valence-corrected chi connectivity index (χ3v) is 3.46. The van der Waals surface area contributed by atoms with Gasteiger partial charge in [-0.15, -0.1) is 11.3 Å². The summed E-state index contributed by atoms with van der Waals surface area (Å²) in [6.07, 6.45) is 2.46. The van der Waals surface area contributed by atoms with Crippen LogP contribution in [-0.2, 0) is 12.8 Å². The minimum Gasteiger partial charge on any atom is -0.385 e. The number of aliphatic hydroxyl groups excluding tert-OH is 1. The molecule has 15 heavy (non-hydrogen) atoms. The minimum absolute atomic E-state index is 0.529. The first kappa shape index (κ1) is 10.3. The maximum atomic E-state index is 9.82. The summed E-state index contributed by atoms with van der Waals surface area (Å²) in [7, 11) is 0. The Kier molecular flexibility index (Phi) is 3.13. The summed E-state index contributed by atoms with van der Waals surface area (Å²) in [6.45, 7) is 2.13. The first-order valence-electron chi connectivity index (χ1n) is 4.90. The van der Waals surface area contributed by atoms with E-state index < -0.39 is 6.10 Å². The molecule has 1 unspecified atom stereocenters. The van der Waals surface area contributed by atoms with Crippen molar-refractivity contribution < 1.29 is 5.11 Å². The Hall–Kier alpha value is -1.20. The normalized spacial score (nSPS) is 12.9. The molecule has 0 aliphatic rings. The second kappa shape index (κ2) is 4.55. The van der Waals surface area contributed by atoms with Crippen LogP contribution in [0.15, 0.2) is 18.5 Å². The lowest BCUT2D eigenvalue weighted by Gasteiger charge is -2.04. The molecule has 0 aliphatic carbocycles. The maximum absolute atomic E-state index is 9.82. The highest BCUT2D eigenvalue weighted by molar-refractivity contribution is 7.11. The number of thiophene rings is 1. The second-order valence-electron chi connectivity index (χ2n) is 3.31. The zero-order valence-corrected chi connectivity index (χ0v) is 9.29. The van der Waals surface area contributed by atoms with E-state index in [1.807, 2.05) is 0 Å². The van der Waals surface area contributed by atoms with Crippen LogP contribution in [0.4, 0.5) is 0 Å². The van der Waals surface area contributed by atoms with E-state index in [0.29, 0.717) is 12.2 Å². The van der Waals surface area contributed by atoms with Gasteiger partial charge in [0.2, 0.25) is 0 Å². The summed E-state index contributed by atoms with van der Waals surface area (Å²) in [5.41, 5.74) is 0. The van der Waals surface area contributed by atoms with Crippen molar-refractivity contribution in [1.29, 1.82) is 0 Å². The molecule has 0 spiro atoms. The van der Waals surface area contributed by atoms with Crippen LogP contribution in [0.2, 0.25) is 0 Å². The fourth-order valence-corrected chi connectivity index (χ4v) is 2.38. The monoisotopic (exact) mass is 223 g/mol. The van der Waals surface area contributed by atoms with E-state index in [0.717, 1.165) is 6.42 Å². The molecule has 0 amide bonds. The van der Waals surface area contributed by atoms with E-state index in [-0.39, 0.29) is 0 Å². The molecule has 2 aromatic heterocycles. The van der Waals surface area contributed by atoms with E-state index in [2.05, 4.69) is 34.2 Å². The van der Waals surface area contributed by atoms with Gasteiger partial charge >= 0.3 is 0 Å². The third kappa shape index (κ3) is 2.43. The average Bonchev–Trinajstić information content (AvgIpc) is 2.87. The summed E-state index contributed by atoms with van der Waals surface area (Å²) in [5, 5.41) is 16.2. The van der Waals surface area contributed by atoms with E-state index >= 15 is 0 Å². The first-order valence-corrected chi connectivity index (χ1v) is 5.72. The van der Waals surface area contributed by atoms with Crippen molar-refractivity contribution in [2.24, 2.45) is 0 Å². The van der Waals surface area contributed by atoms with Crippen molar-refractivity contribution in [3.8, 4) is 0 Å². The third-order valence-electron chi connectivity index (χ3n) is 2.21. The predicted octanol–water partition coefficient (Wildman–Crippen LogP) is 1.70. The van der Waals surface area contributed by atoms with Gasteiger partial charge in [-0.1, -0.05) is 6.92 Å². The van der Waals surface area contributed by atoms with Crippen molar-refractivity contribution in [2.75, 3.05) is 0 Å². The van der Waals surface area contributed by atoms with Crippen LogP contribution >= 0.6 is 11.3 Å². The van der Waals surface area contributed by atoms with Crippen LogP contribution in [0.5, 0.6) is 0 Å². The lowest BCUT2D eigenvalue weighted by atomic mass is 10.2. The van der Waals surface area contributed by atoms with Gasteiger partial charge in [0.05, 0.1) is 0 Å². The molecule has 0 saturated carbocycles. The van der Waals surface area contributed by atoms with Gasteiger partial charge in [-0.2, -0.15) is 5.10 Å². The Bertz CT molecular complexity index is 410. The van der Waals surface area contributed by atoms with Crippen molar-refractivity contribution in [3.63, 3.8) is 0 Å². The maximum Gasteiger partial charge on any atom is 0.153 e. The number of aryl methyl sites for hydroxylation is 1. The van der Waals surface area contributed by atoms with Gasteiger partial charge in [-0.25, -0.2) is 4.98 Å². The van der Waals surface area contributed by atoms with Crippen molar-refractivity contribution in [1.82, 2.24) is 15.2 Å². The summed E-state index contributed by atoms with van der Waals surface area (Å²) in [6, 6.07) is 4.16. The highest BCUT2D eigenvalue weighted by Crippen LogP contribution is 2.22. The summed E-state index contributed by atoms with van der Waals surface area (Å²) in [4.78, 5) is 6.45. The summed E-state index contributed by atoms with van der Waals surface area (Å²) in [5.74, 6) is 0.529. The Morgan fingerprint density at radius 1 is 1.47 bits per heavy atom. The number of nitrogens with zero attached hydrogens (tertiary/aromatic N) is 2. The molecule has 5 heteroatoms. The summed E-state index contributed by atoms with van der Waals surface area (Å²) >= 11 is 1.74. The Morgan fingerprint density at radius 3 is 2.87 bits per heavy atom. The predicted molar refractivity (Wildman–Crippen MR) is 58.7 cm³/mol. The van der Waals surface area contributed by atoms with Gasteiger partial charge in [0, 0.05) is 16.2 Å². The fourth-order valence-electron chi connectivity index (χ4n) is 1.38. The SMILES string of the molecule is CCc1ccc(CC(O)c2ncn[nH]2)s1. The number of aliphatic hydroxyl groups is 1. The highest BCUT2D eigenvalue weighted by Gasteiger charge is 2.12. The molecule has 2 N–H and O–H groups in total. The van der Waals surface area contributed by atoms with Crippen molar-refractivity contribution in [3.05, 3.63) is 34.0 Å². The number of aromatic nitrogens is 3. The molecule has 0 aromatic carbocycles. The molecular formula is C10H13N3OS. The molecule has 80 valence electrons. The largest absolute Gasteiger partial charge is 0.385 e. The van der Waals surface area contributed by atoms with Gasteiger partial charge in [0.25, 0.3) is 0 Å².